The lowest BCUT2D eigenvalue weighted by Crippen LogP contribution is -2.49. The zero-order valence-electron chi connectivity index (χ0n) is 20.6. The number of hydrogen-bond acceptors (Lipinski definition) is 5. The van der Waals surface area contributed by atoms with Crippen molar-refractivity contribution < 1.29 is 23.1 Å². The number of carbonyl (C=O) groups excluding carboxylic acids is 2. The Labute approximate surface area is 222 Å². The average Bonchev–Trinajstić information content (AvgIpc) is 3.35. The van der Waals surface area contributed by atoms with Crippen molar-refractivity contribution in [2.75, 3.05) is 19.1 Å². The van der Waals surface area contributed by atoms with Crippen LogP contribution in [0.1, 0.15) is 21.6 Å². The Balaban J connectivity index is 1.55. The molecule has 2 amide bonds. The number of methoxy groups -OCH3 is 1. The van der Waals surface area contributed by atoms with Crippen LogP contribution in [0.25, 0.3) is 0 Å². The molecule has 0 spiro atoms. The lowest BCUT2D eigenvalue weighted by molar-refractivity contribution is -0.120. The minimum absolute atomic E-state index is 0.0256. The maximum Gasteiger partial charge on any atom is 0.274 e. The molecule has 4 aromatic rings. The fourth-order valence-corrected chi connectivity index (χ4v) is 4.08. The summed E-state index contributed by atoms with van der Waals surface area (Å²) in [6.45, 7) is 0.325. The molecule has 1 aromatic heterocycles. The first-order valence-electron chi connectivity index (χ1n) is 11.5. The maximum atomic E-state index is 13.8. The second kappa shape index (κ2) is 11.8. The van der Waals surface area contributed by atoms with E-state index < -0.39 is 29.5 Å². The smallest absolute Gasteiger partial charge is 0.274 e. The van der Waals surface area contributed by atoms with Crippen LogP contribution in [0.2, 0.25) is 5.02 Å². The van der Waals surface area contributed by atoms with Crippen LogP contribution in [-0.4, -0.2) is 47.0 Å². The van der Waals surface area contributed by atoms with Gasteiger partial charge in [-0.1, -0.05) is 28.9 Å². The lowest BCUT2D eigenvalue weighted by atomic mass is 10.0. The summed E-state index contributed by atoms with van der Waals surface area (Å²) in [5.74, 6) is -2.13. The summed E-state index contributed by atoms with van der Waals surface area (Å²) in [5.41, 5.74) is 1.57. The predicted molar refractivity (Wildman–Crippen MR) is 138 cm³/mol. The zero-order valence-corrected chi connectivity index (χ0v) is 21.3. The van der Waals surface area contributed by atoms with Gasteiger partial charge in [-0.25, -0.2) is 13.5 Å². The van der Waals surface area contributed by atoms with E-state index >= 15 is 0 Å². The fraction of sp³-hybridized carbons (Fsp3) is 0.185. The molecule has 1 heterocycles. The number of carbonyl (C=O) groups is 2. The number of hydrogen-bond donors (Lipinski definition) is 1. The molecule has 8 nitrogen and oxygen atoms in total. The third-order valence-electron chi connectivity index (χ3n) is 5.76. The molecule has 4 rings (SSSR count). The van der Waals surface area contributed by atoms with E-state index in [2.05, 4.69) is 15.6 Å². The number of nitrogens with zero attached hydrogens (tertiary/aromatic N) is 4. The lowest BCUT2D eigenvalue weighted by Gasteiger charge is -2.25. The Morgan fingerprint density at radius 1 is 1.05 bits per heavy atom. The molecule has 0 aliphatic carbocycles. The molecule has 3 aromatic carbocycles. The third kappa shape index (κ3) is 6.71. The van der Waals surface area contributed by atoms with Crippen molar-refractivity contribution in [3.05, 3.63) is 106 Å². The molecular weight excluding hydrogens is 516 g/mol. The van der Waals surface area contributed by atoms with Crippen LogP contribution >= 0.6 is 11.6 Å². The van der Waals surface area contributed by atoms with Crippen LogP contribution < -0.4 is 15.0 Å². The van der Waals surface area contributed by atoms with Crippen molar-refractivity contribution in [2.45, 2.75) is 19.0 Å². The Morgan fingerprint density at radius 3 is 2.42 bits per heavy atom. The minimum Gasteiger partial charge on any atom is -0.497 e. The number of anilines is 1. The SMILES string of the molecule is COc1ccc(N(C)C(=O)C(Cc2cc(F)cc(F)c2)NC(=O)c2cn(Cc3cccc(Cl)c3)nn2)cc1. The van der Waals surface area contributed by atoms with Gasteiger partial charge in [-0.2, -0.15) is 0 Å². The molecule has 0 aliphatic rings. The monoisotopic (exact) mass is 539 g/mol. The number of likely N-dealkylation sites (N-methyl/N-ethyl adjacent to an activating group) is 1. The number of rotatable bonds is 9. The van der Waals surface area contributed by atoms with E-state index in [9.17, 15) is 18.4 Å². The van der Waals surface area contributed by atoms with E-state index in [1.165, 1.54) is 29.9 Å². The van der Waals surface area contributed by atoms with E-state index in [0.29, 0.717) is 23.0 Å². The highest BCUT2D eigenvalue weighted by Gasteiger charge is 2.27. The average molecular weight is 540 g/mol. The Kier molecular flexibility index (Phi) is 8.32. The van der Waals surface area contributed by atoms with Crippen molar-refractivity contribution in [3.8, 4) is 5.75 Å². The van der Waals surface area contributed by atoms with E-state index in [1.807, 2.05) is 6.07 Å². The molecule has 0 saturated heterocycles. The highest BCUT2D eigenvalue weighted by atomic mass is 35.5. The summed E-state index contributed by atoms with van der Waals surface area (Å²) in [6.07, 6.45) is 1.28. The van der Waals surface area contributed by atoms with Crippen LogP contribution in [0.15, 0.2) is 72.9 Å². The molecule has 38 heavy (non-hydrogen) atoms. The Hall–Kier alpha value is -4.31. The standard InChI is InChI=1S/C27H24ClF2N5O3/c1-34(22-6-8-23(38-2)9-7-22)27(37)24(13-18-11-20(29)14-21(30)12-18)31-26(36)25-16-35(33-32-25)15-17-4-3-5-19(28)10-17/h3-12,14,16,24H,13,15H2,1-2H3,(H,31,36). The van der Waals surface area contributed by atoms with Crippen LogP contribution in [0.4, 0.5) is 14.5 Å². The third-order valence-corrected chi connectivity index (χ3v) is 6.00. The van der Waals surface area contributed by atoms with Crippen LogP contribution in [-0.2, 0) is 17.8 Å². The van der Waals surface area contributed by atoms with Gasteiger partial charge in [-0.05, 0) is 59.7 Å². The molecule has 1 atom stereocenters. The summed E-state index contributed by atoms with van der Waals surface area (Å²) < 4.78 is 34.3. The van der Waals surface area contributed by atoms with E-state index in [0.717, 1.165) is 23.8 Å². The molecule has 0 fully saturated rings. The summed E-state index contributed by atoms with van der Waals surface area (Å²) >= 11 is 6.03. The summed E-state index contributed by atoms with van der Waals surface area (Å²) in [4.78, 5) is 27.9. The van der Waals surface area contributed by atoms with Crippen LogP contribution in [0.3, 0.4) is 0 Å². The molecule has 0 radical (unpaired) electrons. The second-order valence-corrected chi connectivity index (χ2v) is 8.97. The van der Waals surface area contributed by atoms with Gasteiger partial charge in [0.15, 0.2) is 5.69 Å². The van der Waals surface area contributed by atoms with E-state index in [-0.39, 0.29) is 17.7 Å². The van der Waals surface area contributed by atoms with Crippen molar-refractivity contribution in [2.24, 2.45) is 0 Å². The van der Waals surface area contributed by atoms with Crippen molar-refractivity contribution in [1.82, 2.24) is 20.3 Å². The predicted octanol–water partition coefficient (Wildman–Crippen LogP) is 4.27. The van der Waals surface area contributed by atoms with Gasteiger partial charge >= 0.3 is 0 Å². The van der Waals surface area contributed by atoms with Crippen molar-refractivity contribution in [1.29, 1.82) is 0 Å². The molecule has 196 valence electrons. The molecule has 1 unspecified atom stereocenters. The zero-order chi connectivity index (χ0) is 27.2. The van der Waals surface area contributed by atoms with E-state index in [1.54, 1.807) is 42.5 Å². The topological polar surface area (TPSA) is 89.4 Å². The molecule has 0 aliphatic heterocycles. The molecule has 0 bridgehead atoms. The first-order chi connectivity index (χ1) is 18.2. The molecule has 11 heteroatoms. The number of halogens is 3. The van der Waals surface area contributed by atoms with Gasteiger partial charge in [-0.15, -0.1) is 5.10 Å². The number of aromatic nitrogens is 3. The van der Waals surface area contributed by atoms with Gasteiger partial charge in [-0.3, -0.25) is 9.59 Å². The number of benzene rings is 3. The fourth-order valence-electron chi connectivity index (χ4n) is 3.87. The summed E-state index contributed by atoms with van der Waals surface area (Å²) in [7, 11) is 3.06. The number of ether oxygens (including phenoxy) is 1. The Bertz CT molecular complexity index is 1420. The highest BCUT2D eigenvalue weighted by molar-refractivity contribution is 6.30. The van der Waals surface area contributed by atoms with Gasteiger partial charge in [0.25, 0.3) is 5.91 Å². The van der Waals surface area contributed by atoms with Gasteiger partial charge in [0.2, 0.25) is 5.91 Å². The summed E-state index contributed by atoms with van der Waals surface area (Å²) in [5, 5.41) is 11.1. The van der Waals surface area contributed by atoms with Gasteiger partial charge in [0.1, 0.15) is 23.4 Å². The normalized spacial score (nSPS) is 11.6. The molecule has 0 saturated carbocycles. The number of amides is 2. The number of nitrogens with one attached hydrogen (secondary N) is 1. The quantitative estimate of drug-likeness (QED) is 0.343. The van der Waals surface area contributed by atoms with Crippen molar-refractivity contribution in [3.63, 3.8) is 0 Å². The summed E-state index contributed by atoms with van der Waals surface area (Å²) in [6, 6.07) is 15.7. The maximum absolute atomic E-state index is 13.8. The van der Waals surface area contributed by atoms with Gasteiger partial charge < -0.3 is 15.0 Å². The van der Waals surface area contributed by atoms with Crippen LogP contribution in [0, 0.1) is 11.6 Å². The first kappa shape index (κ1) is 26.7. The molecular formula is C27H24ClF2N5O3. The highest BCUT2D eigenvalue weighted by Crippen LogP contribution is 2.20. The molecule has 1 N–H and O–H groups in total. The second-order valence-electron chi connectivity index (χ2n) is 8.53. The van der Waals surface area contributed by atoms with Gasteiger partial charge in [0, 0.05) is 30.2 Å². The van der Waals surface area contributed by atoms with E-state index in [4.69, 9.17) is 16.3 Å². The largest absolute Gasteiger partial charge is 0.497 e. The first-order valence-corrected chi connectivity index (χ1v) is 11.9. The Morgan fingerprint density at radius 2 is 1.76 bits per heavy atom. The van der Waals surface area contributed by atoms with Crippen LogP contribution in [0.5, 0.6) is 5.75 Å². The van der Waals surface area contributed by atoms with Gasteiger partial charge in [0.05, 0.1) is 19.9 Å². The minimum atomic E-state index is -1.16. The van der Waals surface area contributed by atoms with Crippen molar-refractivity contribution >= 4 is 29.1 Å².